The number of aromatic nitrogens is 3. The first-order valence-electron chi connectivity index (χ1n) is 9.59. The van der Waals surface area contributed by atoms with E-state index in [0.717, 1.165) is 42.6 Å². The number of para-hydroxylation sites is 1. The fourth-order valence-electron chi connectivity index (χ4n) is 3.03. The highest BCUT2D eigenvalue weighted by Gasteiger charge is 2.33. The van der Waals surface area contributed by atoms with Crippen molar-refractivity contribution in [3.05, 3.63) is 64.9 Å². The topological polar surface area (TPSA) is 59.8 Å². The lowest BCUT2D eigenvalue weighted by Crippen LogP contribution is -2.23. The van der Waals surface area contributed by atoms with E-state index in [1.165, 1.54) is 11.8 Å². The molecule has 1 aromatic heterocycles. The lowest BCUT2D eigenvalue weighted by molar-refractivity contribution is -0.137. The molecule has 1 aliphatic rings. The van der Waals surface area contributed by atoms with Gasteiger partial charge in [-0.3, -0.25) is 9.36 Å². The maximum absolute atomic E-state index is 13.0. The largest absolute Gasteiger partial charge is 0.416 e. The third-order valence-corrected chi connectivity index (χ3v) is 6.19. The SMILES string of the molecule is C[C@@H](Sc1nnc(C2CC2)n1-c1ccccc1)C(=O)Nc1cc(C(F)(F)F)ccc1Cl. The summed E-state index contributed by atoms with van der Waals surface area (Å²) in [5, 5.41) is 11.0. The second kappa shape index (κ2) is 8.55. The number of hydrogen-bond acceptors (Lipinski definition) is 4. The van der Waals surface area contributed by atoms with Crippen molar-refractivity contribution in [1.82, 2.24) is 14.8 Å². The van der Waals surface area contributed by atoms with Crippen molar-refractivity contribution in [3.8, 4) is 5.69 Å². The number of halogens is 4. The number of rotatable bonds is 6. The molecule has 1 fully saturated rings. The van der Waals surface area contributed by atoms with Crippen LogP contribution in [0.3, 0.4) is 0 Å². The van der Waals surface area contributed by atoms with Crippen molar-refractivity contribution in [1.29, 1.82) is 0 Å². The Morgan fingerprint density at radius 2 is 1.90 bits per heavy atom. The lowest BCUT2D eigenvalue weighted by Gasteiger charge is -2.15. The number of anilines is 1. The zero-order valence-corrected chi connectivity index (χ0v) is 17.9. The van der Waals surface area contributed by atoms with Crippen LogP contribution in [0.15, 0.2) is 53.7 Å². The van der Waals surface area contributed by atoms with Crippen molar-refractivity contribution < 1.29 is 18.0 Å². The Hall–Kier alpha value is -2.52. The summed E-state index contributed by atoms with van der Waals surface area (Å²) in [7, 11) is 0. The van der Waals surface area contributed by atoms with Gasteiger partial charge >= 0.3 is 6.18 Å². The van der Waals surface area contributed by atoms with Gasteiger partial charge < -0.3 is 5.32 Å². The van der Waals surface area contributed by atoms with Gasteiger partial charge in [-0.15, -0.1) is 10.2 Å². The molecule has 1 atom stereocenters. The van der Waals surface area contributed by atoms with Gasteiger partial charge in [0.2, 0.25) is 5.91 Å². The molecule has 1 saturated carbocycles. The fraction of sp³-hybridized carbons (Fsp3) is 0.286. The van der Waals surface area contributed by atoms with Crippen LogP contribution in [0.5, 0.6) is 0 Å². The maximum atomic E-state index is 13.0. The summed E-state index contributed by atoms with van der Waals surface area (Å²) < 4.78 is 40.9. The van der Waals surface area contributed by atoms with Crippen molar-refractivity contribution in [2.24, 2.45) is 0 Å². The van der Waals surface area contributed by atoms with E-state index in [9.17, 15) is 18.0 Å². The molecular formula is C21H18ClF3N4OS. The second-order valence-electron chi connectivity index (χ2n) is 7.23. The van der Waals surface area contributed by atoms with Gasteiger partial charge in [-0.05, 0) is 50.1 Å². The monoisotopic (exact) mass is 466 g/mol. The fourth-order valence-corrected chi connectivity index (χ4v) is 4.07. The molecule has 0 spiro atoms. The molecule has 0 radical (unpaired) electrons. The molecule has 2 aromatic carbocycles. The molecule has 4 rings (SSSR count). The van der Waals surface area contributed by atoms with Gasteiger partial charge in [0.05, 0.1) is 21.5 Å². The van der Waals surface area contributed by atoms with Crippen LogP contribution in [0, 0.1) is 0 Å². The second-order valence-corrected chi connectivity index (χ2v) is 8.94. The summed E-state index contributed by atoms with van der Waals surface area (Å²) in [6.45, 7) is 1.66. The molecule has 5 nitrogen and oxygen atoms in total. The Morgan fingerprint density at radius 1 is 1.19 bits per heavy atom. The summed E-state index contributed by atoms with van der Waals surface area (Å²) >= 11 is 7.18. The molecule has 31 heavy (non-hydrogen) atoms. The average molecular weight is 467 g/mol. The van der Waals surface area contributed by atoms with E-state index in [1.807, 2.05) is 34.9 Å². The zero-order chi connectivity index (χ0) is 22.2. The number of amides is 1. The highest BCUT2D eigenvalue weighted by molar-refractivity contribution is 8.00. The molecule has 162 valence electrons. The molecule has 0 unspecified atom stereocenters. The van der Waals surface area contributed by atoms with E-state index in [4.69, 9.17) is 11.6 Å². The predicted octanol–water partition coefficient (Wildman–Crippen LogP) is 5.94. The Labute approximate surface area is 186 Å². The standard InChI is InChI=1S/C21H18ClF3N4OS/c1-12(19(30)26-17-11-14(21(23,24)25)9-10-16(17)22)31-20-28-27-18(13-7-8-13)29(20)15-5-3-2-4-6-15/h2-6,9-13H,7-8H2,1H3,(H,26,30)/t12-/m1/s1. The first kappa shape index (κ1) is 21.7. The molecule has 1 aliphatic carbocycles. The summed E-state index contributed by atoms with van der Waals surface area (Å²) in [5.41, 5.74) is -0.0760. The molecule has 0 aliphatic heterocycles. The minimum atomic E-state index is -4.53. The van der Waals surface area contributed by atoms with Gasteiger partial charge in [0.15, 0.2) is 5.16 Å². The van der Waals surface area contributed by atoms with Crippen LogP contribution >= 0.6 is 23.4 Å². The quantitative estimate of drug-likeness (QED) is 0.457. The van der Waals surface area contributed by atoms with E-state index in [2.05, 4.69) is 15.5 Å². The van der Waals surface area contributed by atoms with E-state index in [0.29, 0.717) is 11.1 Å². The van der Waals surface area contributed by atoms with Gasteiger partial charge in [0.25, 0.3) is 0 Å². The smallest absolute Gasteiger partial charge is 0.324 e. The number of hydrogen-bond donors (Lipinski definition) is 1. The summed E-state index contributed by atoms with van der Waals surface area (Å²) in [6, 6.07) is 12.4. The molecule has 10 heteroatoms. The van der Waals surface area contributed by atoms with Gasteiger partial charge in [0, 0.05) is 11.6 Å². The Bertz CT molecular complexity index is 1100. The molecule has 1 N–H and O–H groups in total. The molecule has 1 amide bonds. The average Bonchev–Trinajstić information content (AvgIpc) is 3.49. The van der Waals surface area contributed by atoms with Gasteiger partial charge in [-0.1, -0.05) is 41.6 Å². The normalized spacial score (nSPS) is 15.0. The van der Waals surface area contributed by atoms with Crippen LogP contribution in [0.2, 0.25) is 5.02 Å². The number of alkyl halides is 3. The van der Waals surface area contributed by atoms with Crippen molar-refractivity contribution in [2.45, 2.75) is 42.3 Å². The van der Waals surface area contributed by atoms with Gasteiger partial charge in [0.1, 0.15) is 5.82 Å². The first-order valence-corrected chi connectivity index (χ1v) is 10.8. The van der Waals surface area contributed by atoms with Gasteiger partial charge in [-0.2, -0.15) is 13.2 Å². The van der Waals surface area contributed by atoms with Crippen molar-refractivity contribution >= 4 is 35.0 Å². The molecule has 0 bridgehead atoms. The number of thioether (sulfide) groups is 1. The van der Waals surface area contributed by atoms with Crippen LogP contribution in [0.1, 0.15) is 37.1 Å². The van der Waals surface area contributed by atoms with Crippen LogP contribution in [0.4, 0.5) is 18.9 Å². The Morgan fingerprint density at radius 3 is 2.55 bits per heavy atom. The number of carbonyl (C=O) groups excluding carboxylic acids is 1. The van der Waals surface area contributed by atoms with E-state index < -0.39 is 22.9 Å². The summed E-state index contributed by atoms with van der Waals surface area (Å²) in [5.74, 6) is 0.708. The minimum Gasteiger partial charge on any atom is -0.324 e. The maximum Gasteiger partial charge on any atom is 0.416 e. The highest BCUT2D eigenvalue weighted by Crippen LogP contribution is 2.41. The number of nitrogens with one attached hydrogen (secondary N) is 1. The van der Waals surface area contributed by atoms with Crippen molar-refractivity contribution in [3.63, 3.8) is 0 Å². The van der Waals surface area contributed by atoms with E-state index in [1.54, 1.807) is 6.92 Å². The molecule has 3 aromatic rings. The minimum absolute atomic E-state index is 0.0297. The first-order chi connectivity index (χ1) is 14.7. The third-order valence-electron chi connectivity index (χ3n) is 4.82. The Balaban J connectivity index is 1.54. The number of benzene rings is 2. The van der Waals surface area contributed by atoms with Crippen molar-refractivity contribution in [2.75, 3.05) is 5.32 Å². The van der Waals surface area contributed by atoms with Crippen LogP contribution in [-0.2, 0) is 11.0 Å². The molecule has 0 saturated heterocycles. The number of nitrogens with zero attached hydrogens (tertiary/aromatic N) is 3. The predicted molar refractivity (Wildman–Crippen MR) is 114 cm³/mol. The van der Waals surface area contributed by atoms with Crippen LogP contribution < -0.4 is 5.32 Å². The molecule has 1 heterocycles. The Kier molecular flexibility index (Phi) is 5.98. The van der Waals surface area contributed by atoms with Gasteiger partial charge in [-0.25, -0.2) is 0 Å². The van der Waals surface area contributed by atoms with Crippen LogP contribution in [-0.4, -0.2) is 25.9 Å². The number of carbonyl (C=O) groups is 1. The van der Waals surface area contributed by atoms with E-state index >= 15 is 0 Å². The molecular weight excluding hydrogens is 449 g/mol. The van der Waals surface area contributed by atoms with E-state index in [-0.39, 0.29) is 10.7 Å². The summed E-state index contributed by atoms with van der Waals surface area (Å²) in [4.78, 5) is 12.7. The third kappa shape index (κ3) is 4.88. The zero-order valence-electron chi connectivity index (χ0n) is 16.4. The lowest BCUT2D eigenvalue weighted by atomic mass is 10.2. The summed E-state index contributed by atoms with van der Waals surface area (Å²) in [6.07, 6.45) is -2.45. The van der Waals surface area contributed by atoms with Crippen LogP contribution in [0.25, 0.3) is 5.69 Å². The highest BCUT2D eigenvalue weighted by atomic mass is 35.5.